The van der Waals surface area contributed by atoms with Crippen LogP contribution in [-0.2, 0) is 10.4 Å². The fraction of sp³-hybridized carbons (Fsp3) is 0.242. The van der Waals surface area contributed by atoms with Gasteiger partial charge in [0.25, 0.3) is 17.6 Å². The molecule has 0 unspecified atom stereocenters. The van der Waals surface area contributed by atoms with Gasteiger partial charge in [0.15, 0.2) is 5.60 Å². The average Bonchev–Trinajstić information content (AvgIpc) is 3.00. The average molecular weight is 536 g/mol. The van der Waals surface area contributed by atoms with E-state index in [0.29, 0.717) is 22.4 Å². The van der Waals surface area contributed by atoms with Gasteiger partial charge in [-0.25, -0.2) is 9.99 Å². The lowest BCUT2D eigenvalue weighted by Gasteiger charge is -2.32. The van der Waals surface area contributed by atoms with Crippen LogP contribution in [0.1, 0.15) is 51.9 Å². The molecule has 40 heavy (non-hydrogen) atoms. The Labute approximate surface area is 235 Å². The molecule has 5 rings (SSSR count). The van der Waals surface area contributed by atoms with Crippen LogP contribution in [0.5, 0.6) is 0 Å². The van der Waals surface area contributed by atoms with Gasteiger partial charge in [0.2, 0.25) is 0 Å². The van der Waals surface area contributed by atoms with Gasteiger partial charge in [-0.1, -0.05) is 77.9 Å². The number of carbonyl (C=O) groups excluding carboxylic acids is 2. The number of para-hydroxylation sites is 1. The smallest absolute Gasteiger partial charge is 0.287 e. The zero-order chi connectivity index (χ0) is 28.1. The van der Waals surface area contributed by atoms with Gasteiger partial charge in [0.1, 0.15) is 5.56 Å². The zero-order valence-corrected chi connectivity index (χ0v) is 22.9. The molecule has 3 N–H and O–H groups in total. The molecule has 0 radical (unpaired) electrons. The topological polar surface area (TPSA) is 87.0 Å². The lowest BCUT2D eigenvalue weighted by molar-refractivity contribution is -0.364. The lowest BCUT2D eigenvalue weighted by atomic mass is 9.85. The van der Waals surface area contributed by atoms with Gasteiger partial charge in [-0.15, -0.1) is 0 Å². The molecule has 0 bridgehead atoms. The van der Waals surface area contributed by atoms with Crippen molar-refractivity contribution in [2.45, 2.75) is 38.7 Å². The number of hydrogen-bond donors (Lipinski definition) is 2. The van der Waals surface area contributed by atoms with Gasteiger partial charge in [0.05, 0.1) is 25.0 Å². The van der Waals surface area contributed by atoms with Crippen molar-refractivity contribution in [1.82, 2.24) is 5.43 Å². The van der Waals surface area contributed by atoms with Gasteiger partial charge >= 0.3 is 0 Å². The minimum atomic E-state index is -2.05. The highest BCUT2D eigenvalue weighted by Gasteiger charge is 2.42. The summed E-state index contributed by atoms with van der Waals surface area (Å²) in [4.78, 5) is 33.8. The Kier molecular flexibility index (Phi) is 7.94. The maximum Gasteiger partial charge on any atom is 0.287 e. The van der Waals surface area contributed by atoms with E-state index in [1.165, 1.54) is 5.01 Å². The van der Waals surface area contributed by atoms with Gasteiger partial charge in [-0.3, -0.25) is 19.9 Å². The highest BCUT2D eigenvalue weighted by Crippen LogP contribution is 2.32. The van der Waals surface area contributed by atoms with Crippen LogP contribution >= 0.6 is 0 Å². The number of aromatic amines is 1. The molecule has 0 aliphatic carbocycles. The van der Waals surface area contributed by atoms with Crippen LogP contribution in [0.15, 0.2) is 97.2 Å². The molecule has 1 saturated heterocycles. The fourth-order valence-electron chi connectivity index (χ4n) is 5.11. The number of nitrogens with one attached hydrogen (secondary N) is 2. The molecule has 0 spiro atoms. The maximum atomic E-state index is 14.2. The third-order valence-electron chi connectivity index (χ3n) is 7.44. The number of aliphatic hydroxyl groups is 1. The number of benzene rings is 3. The Balaban J connectivity index is 1.56. The van der Waals surface area contributed by atoms with E-state index >= 15 is 0 Å². The van der Waals surface area contributed by atoms with Crippen molar-refractivity contribution < 1.29 is 19.7 Å². The molecule has 1 aromatic heterocycles. The largest absolute Gasteiger partial charge is 0.372 e. The second-order valence-corrected chi connectivity index (χ2v) is 10.3. The van der Waals surface area contributed by atoms with Crippen molar-refractivity contribution in [3.05, 3.63) is 125 Å². The number of anilines is 2. The Morgan fingerprint density at radius 1 is 0.800 bits per heavy atom. The molecule has 2 amide bonds. The molecular formula is C33H35N4O3+. The first-order valence-corrected chi connectivity index (χ1v) is 13.7. The summed E-state index contributed by atoms with van der Waals surface area (Å²) in [6.07, 6.45) is 5.07. The minimum absolute atomic E-state index is 0.405. The molecule has 2 heterocycles. The number of carbonyl (C=O) groups is 2. The first-order chi connectivity index (χ1) is 19.4. The van der Waals surface area contributed by atoms with Crippen LogP contribution in [0.2, 0.25) is 0 Å². The lowest BCUT2D eigenvalue weighted by Crippen LogP contribution is -2.55. The number of aromatic nitrogens is 1. The van der Waals surface area contributed by atoms with Gasteiger partial charge in [0, 0.05) is 0 Å². The Morgan fingerprint density at radius 3 is 1.95 bits per heavy atom. The molecule has 1 fully saturated rings. The molecule has 204 valence electrons. The molecule has 7 heteroatoms. The summed E-state index contributed by atoms with van der Waals surface area (Å²) in [5.41, 5.74) is 4.47. The van der Waals surface area contributed by atoms with Crippen LogP contribution in [0, 0.1) is 13.8 Å². The van der Waals surface area contributed by atoms with E-state index in [-0.39, 0.29) is 0 Å². The first kappa shape index (κ1) is 27.1. The summed E-state index contributed by atoms with van der Waals surface area (Å²) in [6.45, 7) is 5.58. The van der Waals surface area contributed by atoms with E-state index < -0.39 is 17.4 Å². The Morgan fingerprint density at radius 2 is 1.38 bits per heavy atom. The summed E-state index contributed by atoms with van der Waals surface area (Å²) in [5, 5.41) is 13.4. The van der Waals surface area contributed by atoms with Crippen molar-refractivity contribution in [2.75, 3.05) is 23.0 Å². The number of pyridine rings is 1. The van der Waals surface area contributed by atoms with Gasteiger partial charge < -0.3 is 5.11 Å². The quantitative estimate of drug-likeness (QED) is 0.350. The number of piperidine rings is 1. The summed E-state index contributed by atoms with van der Waals surface area (Å²) < 4.78 is 0. The second-order valence-electron chi connectivity index (χ2n) is 10.3. The van der Waals surface area contributed by atoms with Crippen molar-refractivity contribution in [3.8, 4) is 0 Å². The standard InChI is InChI=1S/C33H34N4O3/c1-24-13-17-26(18-14-24)33(40,27-19-15-25(2)16-20-27)32(39)35-37(28-10-5-3-6-11-28)31(38)29-12-9-21-34-30(29)36-22-7-4-8-23-36/h3,5-6,9-21,40H,4,7-8,22-23H2,1-2H3,(H,35,39)/p+1. The van der Waals surface area contributed by atoms with Gasteiger partial charge in [-0.05, 0) is 68.5 Å². The molecule has 0 atom stereocenters. The Hall–Kier alpha value is -4.49. The van der Waals surface area contributed by atoms with Crippen LogP contribution in [0.3, 0.4) is 0 Å². The van der Waals surface area contributed by atoms with E-state index in [4.69, 9.17) is 0 Å². The summed E-state index contributed by atoms with van der Waals surface area (Å²) in [7, 11) is 0. The zero-order valence-electron chi connectivity index (χ0n) is 22.9. The predicted molar refractivity (Wildman–Crippen MR) is 156 cm³/mol. The van der Waals surface area contributed by atoms with E-state index in [1.54, 1.807) is 66.9 Å². The second kappa shape index (κ2) is 11.7. The van der Waals surface area contributed by atoms with Crippen LogP contribution < -0.4 is 20.3 Å². The third kappa shape index (κ3) is 5.46. The molecular weight excluding hydrogens is 500 g/mol. The van der Waals surface area contributed by atoms with Crippen LogP contribution in [-0.4, -0.2) is 30.0 Å². The van der Waals surface area contributed by atoms with Crippen molar-refractivity contribution >= 4 is 23.3 Å². The normalized spacial score (nSPS) is 13.5. The van der Waals surface area contributed by atoms with Crippen molar-refractivity contribution in [2.24, 2.45) is 0 Å². The van der Waals surface area contributed by atoms with Crippen molar-refractivity contribution in [1.29, 1.82) is 0 Å². The molecule has 0 saturated carbocycles. The van der Waals surface area contributed by atoms with Crippen molar-refractivity contribution in [3.63, 3.8) is 0 Å². The highest BCUT2D eigenvalue weighted by molar-refractivity contribution is 6.10. The first-order valence-electron chi connectivity index (χ1n) is 13.7. The number of hydrazine groups is 1. The fourth-order valence-corrected chi connectivity index (χ4v) is 5.11. The molecule has 4 aromatic rings. The van der Waals surface area contributed by atoms with E-state index in [1.807, 2.05) is 44.2 Å². The number of aryl methyl sites for hydroxylation is 2. The molecule has 3 aromatic carbocycles. The van der Waals surface area contributed by atoms with Crippen LogP contribution in [0.25, 0.3) is 0 Å². The highest BCUT2D eigenvalue weighted by atomic mass is 16.3. The molecule has 1 aliphatic heterocycles. The third-order valence-corrected chi connectivity index (χ3v) is 7.44. The minimum Gasteiger partial charge on any atom is -0.372 e. The molecule has 7 nitrogen and oxygen atoms in total. The van der Waals surface area contributed by atoms with E-state index in [0.717, 1.165) is 49.3 Å². The number of H-pyrrole nitrogens is 1. The number of amides is 2. The summed E-state index contributed by atoms with van der Waals surface area (Å²) in [6, 6.07) is 26.9. The maximum absolute atomic E-state index is 14.2. The molecule has 1 aliphatic rings. The summed E-state index contributed by atoms with van der Waals surface area (Å²) >= 11 is 0. The van der Waals surface area contributed by atoms with E-state index in [2.05, 4.69) is 15.3 Å². The number of rotatable bonds is 6. The monoisotopic (exact) mass is 535 g/mol. The SMILES string of the molecule is Cc1ccc(C(O)(C(=O)NN(C(=O)c2ccc[nH+]c2N2CCCCC2)c2ccccc2)c2ccc(C)cc2)cc1. The van der Waals surface area contributed by atoms with Gasteiger partial charge in [-0.2, -0.15) is 0 Å². The van der Waals surface area contributed by atoms with E-state index in [9.17, 15) is 14.7 Å². The van der Waals surface area contributed by atoms with Crippen LogP contribution in [0.4, 0.5) is 11.5 Å². The summed E-state index contributed by atoms with van der Waals surface area (Å²) in [5.74, 6) is -0.432. The Bertz CT molecular complexity index is 1420. The predicted octanol–water partition coefficient (Wildman–Crippen LogP) is 4.72. The number of hydrogen-bond acceptors (Lipinski definition) is 4. The number of nitrogens with zero attached hydrogens (tertiary/aromatic N) is 2.